The molecule has 1 heterocycles. The van der Waals surface area contributed by atoms with Crippen molar-refractivity contribution in [1.82, 2.24) is 9.91 Å². The normalized spacial score (nSPS) is 20.6. The Bertz CT molecular complexity index is 905. The molecule has 7 heteroatoms. The number of anilines is 1. The zero-order chi connectivity index (χ0) is 20.2. The third-order valence-electron chi connectivity index (χ3n) is 4.97. The van der Waals surface area contributed by atoms with Crippen LogP contribution in [0.5, 0.6) is 0 Å². The van der Waals surface area contributed by atoms with Gasteiger partial charge >= 0.3 is 0 Å². The predicted octanol–water partition coefficient (Wildman–Crippen LogP) is 3.66. The molecule has 1 saturated carbocycles. The van der Waals surface area contributed by atoms with Crippen LogP contribution in [0, 0.1) is 24.7 Å². The molecule has 0 aromatic heterocycles. The van der Waals surface area contributed by atoms with Crippen molar-refractivity contribution in [2.75, 3.05) is 18.8 Å². The summed E-state index contributed by atoms with van der Waals surface area (Å²) >= 11 is 6.00. The van der Waals surface area contributed by atoms with Crippen LogP contribution in [0.15, 0.2) is 42.5 Å². The Balaban J connectivity index is 1.50. The van der Waals surface area contributed by atoms with E-state index in [0.717, 1.165) is 22.4 Å². The molecule has 6 nitrogen and oxygen atoms in total. The third-order valence-corrected chi connectivity index (χ3v) is 5.23. The van der Waals surface area contributed by atoms with E-state index in [0.29, 0.717) is 17.5 Å². The van der Waals surface area contributed by atoms with Crippen molar-refractivity contribution in [2.24, 2.45) is 11.8 Å². The summed E-state index contributed by atoms with van der Waals surface area (Å²) in [5, 5.41) is 5.77. The predicted molar refractivity (Wildman–Crippen MR) is 113 cm³/mol. The van der Waals surface area contributed by atoms with Crippen molar-refractivity contribution >= 4 is 17.3 Å². The highest BCUT2D eigenvalue weighted by Gasteiger charge is 2.27. The minimum atomic E-state index is -0.309. The molecule has 0 radical (unpaired) electrons. The number of hydrogen-bond acceptors (Lipinski definition) is 6. The molecule has 2 aliphatic rings. The molecule has 4 rings (SSSR count). The average Bonchev–Trinajstić information content (AvgIpc) is 3.54. The number of rotatable bonds is 4. The van der Waals surface area contributed by atoms with Crippen LogP contribution in [-0.4, -0.2) is 29.7 Å². The SMILES string of the molecule is Cc1cc(NC2N(N)COOCN2Cc2ccc(Cl)cc2)ccc1C#CC1CC1. The fourth-order valence-corrected chi connectivity index (χ4v) is 3.26. The highest BCUT2D eigenvalue weighted by Crippen LogP contribution is 2.28. The fourth-order valence-electron chi connectivity index (χ4n) is 3.13. The molecule has 2 aromatic rings. The molecule has 3 N–H and O–H groups in total. The van der Waals surface area contributed by atoms with Crippen LogP contribution in [0.1, 0.15) is 29.5 Å². The average molecular weight is 413 g/mol. The molecule has 1 aliphatic carbocycles. The molecule has 2 aromatic carbocycles. The minimum Gasteiger partial charge on any atom is -0.356 e. The van der Waals surface area contributed by atoms with E-state index < -0.39 is 0 Å². The fraction of sp³-hybridized carbons (Fsp3) is 0.364. The second-order valence-electron chi connectivity index (χ2n) is 7.47. The highest BCUT2D eigenvalue weighted by molar-refractivity contribution is 6.30. The molecule has 1 atom stereocenters. The summed E-state index contributed by atoms with van der Waals surface area (Å²) < 4.78 is 0. The maximum Gasteiger partial charge on any atom is 0.154 e. The lowest BCUT2D eigenvalue weighted by molar-refractivity contribution is -0.314. The van der Waals surface area contributed by atoms with Gasteiger partial charge < -0.3 is 5.32 Å². The van der Waals surface area contributed by atoms with Gasteiger partial charge in [0.05, 0.1) is 0 Å². The largest absolute Gasteiger partial charge is 0.356 e. The molecule has 152 valence electrons. The molecule has 0 amide bonds. The Kier molecular flexibility index (Phi) is 6.36. The minimum absolute atomic E-state index is 0.152. The van der Waals surface area contributed by atoms with Crippen molar-refractivity contribution in [3.63, 3.8) is 0 Å². The van der Waals surface area contributed by atoms with E-state index >= 15 is 0 Å². The summed E-state index contributed by atoms with van der Waals surface area (Å²) in [7, 11) is 0. The molecule has 1 aliphatic heterocycles. The van der Waals surface area contributed by atoms with E-state index in [4.69, 9.17) is 27.2 Å². The van der Waals surface area contributed by atoms with Gasteiger partial charge in [0.1, 0.15) is 6.73 Å². The maximum atomic E-state index is 6.23. The first-order valence-corrected chi connectivity index (χ1v) is 10.1. The molecule has 1 saturated heterocycles. The Hall–Kier alpha value is -2.11. The number of hydrogen-bond donors (Lipinski definition) is 2. The molecular formula is C22H25ClN4O2. The van der Waals surface area contributed by atoms with Gasteiger partial charge in [0, 0.05) is 28.7 Å². The summed E-state index contributed by atoms with van der Waals surface area (Å²) in [4.78, 5) is 12.5. The van der Waals surface area contributed by atoms with Crippen molar-refractivity contribution in [3.05, 3.63) is 64.2 Å². The lowest BCUT2D eigenvalue weighted by Crippen LogP contribution is -2.55. The summed E-state index contributed by atoms with van der Waals surface area (Å²) in [6.07, 6.45) is 2.15. The number of nitrogens with zero attached hydrogens (tertiary/aromatic N) is 2. The molecule has 29 heavy (non-hydrogen) atoms. The molecule has 0 spiro atoms. The lowest BCUT2D eigenvalue weighted by Gasteiger charge is -2.34. The summed E-state index contributed by atoms with van der Waals surface area (Å²) in [6, 6.07) is 13.9. The second kappa shape index (κ2) is 9.14. The van der Waals surface area contributed by atoms with Gasteiger partial charge in [-0.05, 0) is 61.2 Å². The quantitative estimate of drug-likeness (QED) is 0.454. The number of nitrogens with one attached hydrogen (secondary N) is 1. The second-order valence-corrected chi connectivity index (χ2v) is 7.91. The van der Waals surface area contributed by atoms with Crippen molar-refractivity contribution in [1.29, 1.82) is 0 Å². The topological polar surface area (TPSA) is 63.0 Å². The van der Waals surface area contributed by atoms with Crippen molar-refractivity contribution in [3.8, 4) is 11.8 Å². The Labute approximate surface area is 176 Å². The van der Waals surface area contributed by atoms with Crippen LogP contribution in [0.25, 0.3) is 0 Å². The number of nitrogens with two attached hydrogens (primary N) is 1. The van der Waals surface area contributed by atoms with Gasteiger partial charge in [0.15, 0.2) is 13.0 Å². The van der Waals surface area contributed by atoms with Gasteiger partial charge in [-0.25, -0.2) is 14.7 Å². The van der Waals surface area contributed by atoms with Gasteiger partial charge in [-0.15, -0.1) is 0 Å². The zero-order valence-corrected chi connectivity index (χ0v) is 17.2. The zero-order valence-electron chi connectivity index (χ0n) is 16.4. The Morgan fingerprint density at radius 2 is 1.90 bits per heavy atom. The van der Waals surface area contributed by atoms with Crippen LogP contribution >= 0.6 is 11.6 Å². The van der Waals surface area contributed by atoms with Crippen LogP contribution in [0.4, 0.5) is 5.69 Å². The van der Waals surface area contributed by atoms with E-state index in [1.165, 1.54) is 12.8 Å². The van der Waals surface area contributed by atoms with Gasteiger partial charge in [-0.2, -0.15) is 5.01 Å². The first-order valence-electron chi connectivity index (χ1n) is 9.71. The van der Waals surface area contributed by atoms with Gasteiger partial charge in [-0.1, -0.05) is 35.6 Å². The molecular weight excluding hydrogens is 388 g/mol. The summed E-state index contributed by atoms with van der Waals surface area (Å²) in [6.45, 7) is 3.12. The Morgan fingerprint density at radius 3 is 2.62 bits per heavy atom. The van der Waals surface area contributed by atoms with Gasteiger partial charge in [0.2, 0.25) is 0 Å². The van der Waals surface area contributed by atoms with E-state index in [9.17, 15) is 0 Å². The molecule has 0 bridgehead atoms. The van der Waals surface area contributed by atoms with Crippen molar-refractivity contribution in [2.45, 2.75) is 32.6 Å². The summed E-state index contributed by atoms with van der Waals surface area (Å²) in [5.41, 5.74) is 4.26. The monoisotopic (exact) mass is 412 g/mol. The molecule has 2 fully saturated rings. The van der Waals surface area contributed by atoms with Gasteiger partial charge in [-0.3, -0.25) is 5.84 Å². The number of aryl methyl sites for hydroxylation is 1. The molecule has 1 unspecified atom stereocenters. The van der Waals surface area contributed by atoms with E-state index in [1.54, 1.807) is 5.01 Å². The third kappa shape index (κ3) is 5.49. The van der Waals surface area contributed by atoms with Crippen LogP contribution in [-0.2, 0) is 16.3 Å². The lowest BCUT2D eigenvalue weighted by atomic mass is 10.1. The Morgan fingerprint density at radius 1 is 1.14 bits per heavy atom. The first kappa shape index (κ1) is 20.2. The van der Waals surface area contributed by atoms with E-state index in [-0.39, 0.29) is 19.8 Å². The van der Waals surface area contributed by atoms with Crippen LogP contribution < -0.4 is 11.2 Å². The smallest absolute Gasteiger partial charge is 0.154 e. The summed E-state index contributed by atoms with van der Waals surface area (Å²) in [5.74, 6) is 13.4. The number of hydrazine groups is 1. The first-order chi connectivity index (χ1) is 14.1. The number of halogens is 1. The highest BCUT2D eigenvalue weighted by atomic mass is 35.5. The van der Waals surface area contributed by atoms with E-state index in [1.807, 2.05) is 35.2 Å². The standard InChI is InChI=1S/C22H25ClN4O2/c1-16-12-21(11-8-19(16)7-4-17-2-3-17)25-22-26(14-28-29-15-27(22)24)13-18-5-9-20(23)10-6-18/h5-6,8-12,17,22,25H,2-3,13-15,24H2,1H3. The van der Waals surface area contributed by atoms with Crippen LogP contribution in [0.3, 0.4) is 0 Å². The van der Waals surface area contributed by atoms with E-state index in [2.05, 4.69) is 36.2 Å². The van der Waals surface area contributed by atoms with Gasteiger partial charge in [0.25, 0.3) is 0 Å². The number of benzene rings is 2. The van der Waals surface area contributed by atoms with Crippen LogP contribution in [0.2, 0.25) is 5.02 Å². The van der Waals surface area contributed by atoms with Crippen molar-refractivity contribution < 1.29 is 9.78 Å². The maximum absolute atomic E-state index is 6.23.